The van der Waals surface area contributed by atoms with Crippen molar-refractivity contribution in [2.45, 2.75) is 40.0 Å². The molecule has 1 aliphatic rings. The van der Waals surface area contributed by atoms with Gasteiger partial charge in [0.2, 0.25) is 0 Å². The second-order valence-electron chi connectivity index (χ2n) is 7.74. The SMILES string of the molecule is CCOC(=O)C1C(=O)C=C(c2ccc(C)cc2)CC1c1ccc(N(CC)CC)cc1. The number of ether oxygens (including phenoxy) is 1. The molecular weight excluding hydrogens is 374 g/mol. The third kappa shape index (κ3) is 4.64. The summed E-state index contributed by atoms with van der Waals surface area (Å²) >= 11 is 0. The Morgan fingerprint density at radius 2 is 1.63 bits per heavy atom. The molecule has 0 spiro atoms. The quantitative estimate of drug-likeness (QED) is 0.471. The highest BCUT2D eigenvalue weighted by atomic mass is 16.5. The van der Waals surface area contributed by atoms with E-state index in [4.69, 9.17) is 4.74 Å². The number of carbonyl (C=O) groups is 2. The Morgan fingerprint density at radius 3 is 2.20 bits per heavy atom. The van der Waals surface area contributed by atoms with E-state index < -0.39 is 11.9 Å². The number of allylic oxidation sites excluding steroid dienone is 2. The predicted molar refractivity (Wildman–Crippen MR) is 122 cm³/mol. The summed E-state index contributed by atoms with van der Waals surface area (Å²) < 4.78 is 5.26. The summed E-state index contributed by atoms with van der Waals surface area (Å²) in [5.41, 5.74) is 5.32. The van der Waals surface area contributed by atoms with Crippen molar-refractivity contribution < 1.29 is 14.3 Å². The largest absolute Gasteiger partial charge is 0.465 e. The average Bonchev–Trinajstić information content (AvgIpc) is 2.75. The van der Waals surface area contributed by atoms with Gasteiger partial charge in [-0.05, 0) is 69.0 Å². The van der Waals surface area contributed by atoms with E-state index in [9.17, 15) is 9.59 Å². The van der Waals surface area contributed by atoms with Crippen molar-refractivity contribution in [2.75, 3.05) is 24.6 Å². The van der Waals surface area contributed by atoms with E-state index in [1.807, 2.05) is 31.2 Å². The minimum Gasteiger partial charge on any atom is -0.465 e. The lowest BCUT2D eigenvalue weighted by Crippen LogP contribution is -2.34. The molecule has 3 rings (SSSR count). The first-order chi connectivity index (χ1) is 14.5. The Balaban J connectivity index is 1.97. The number of aryl methyl sites for hydroxylation is 1. The fourth-order valence-electron chi connectivity index (χ4n) is 4.19. The number of hydrogen-bond donors (Lipinski definition) is 0. The maximum atomic E-state index is 13.0. The molecule has 2 aromatic rings. The van der Waals surface area contributed by atoms with E-state index in [1.165, 1.54) is 5.56 Å². The van der Waals surface area contributed by atoms with E-state index in [-0.39, 0.29) is 18.3 Å². The Bertz CT molecular complexity index is 908. The summed E-state index contributed by atoms with van der Waals surface area (Å²) in [5, 5.41) is 0. The first kappa shape index (κ1) is 21.8. The van der Waals surface area contributed by atoms with Gasteiger partial charge in [0, 0.05) is 24.7 Å². The number of nitrogens with zero attached hydrogens (tertiary/aromatic N) is 1. The molecule has 4 heteroatoms. The lowest BCUT2D eigenvalue weighted by molar-refractivity contribution is -0.151. The van der Waals surface area contributed by atoms with E-state index in [2.05, 4.69) is 43.0 Å². The summed E-state index contributed by atoms with van der Waals surface area (Å²) in [6.45, 7) is 10.2. The monoisotopic (exact) mass is 405 g/mol. The van der Waals surface area contributed by atoms with Crippen LogP contribution in [0.4, 0.5) is 5.69 Å². The molecule has 0 heterocycles. The smallest absolute Gasteiger partial charge is 0.317 e. The van der Waals surface area contributed by atoms with Crippen LogP contribution >= 0.6 is 0 Å². The molecular formula is C26H31NO3. The van der Waals surface area contributed by atoms with Gasteiger partial charge >= 0.3 is 5.97 Å². The molecule has 1 aliphatic carbocycles. The molecule has 0 aromatic heterocycles. The van der Waals surface area contributed by atoms with Crippen molar-refractivity contribution in [2.24, 2.45) is 5.92 Å². The molecule has 0 radical (unpaired) electrons. The van der Waals surface area contributed by atoms with Gasteiger partial charge in [0.15, 0.2) is 5.78 Å². The fraction of sp³-hybridized carbons (Fsp3) is 0.385. The number of esters is 1. The minimum atomic E-state index is -0.793. The molecule has 4 nitrogen and oxygen atoms in total. The number of anilines is 1. The Labute approximate surface area is 179 Å². The minimum absolute atomic E-state index is 0.173. The van der Waals surface area contributed by atoms with Gasteiger partial charge in [-0.3, -0.25) is 9.59 Å². The first-order valence-electron chi connectivity index (χ1n) is 10.8. The predicted octanol–water partition coefficient (Wildman–Crippen LogP) is 5.16. The van der Waals surface area contributed by atoms with Gasteiger partial charge in [-0.15, -0.1) is 0 Å². The zero-order valence-electron chi connectivity index (χ0n) is 18.4. The van der Waals surface area contributed by atoms with Crippen molar-refractivity contribution >= 4 is 23.0 Å². The number of benzene rings is 2. The van der Waals surface area contributed by atoms with Gasteiger partial charge in [0.1, 0.15) is 5.92 Å². The second kappa shape index (κ2) is 9.75. The van der Waals surface area contributed by atoms with Crippen molar-refractivity contribution in [1.82, 2.24) is 0 Å². The topological polar surface area (TPSA) is 46.6 Å². The molecule has 2 atom stereocenters. The second-order valence-corrected chi connectivity index (χ2v) is 7.74. The van der Waals surface area contributed by atoms with Crippen molar-refractivity contribution in [3.8, 4) is 0 Å². The summed E-state index contributed by atoms with van der Waals surface area (Å²) in [6.07, 6.45) is 2.26. The van der Waals surface area contributed by atoms with Gasteiger partial charge in [0.05, 0.1) is 6.61 Å². The van der Waals surface area contributed by atoms with Crippen LogP contribution in [0, 0.1) is 12.8 Å². The van der Waals surface area contributed by atoms with Gasteiger partial charge in [0.25, 0.3) is 0 Å². The summed E-state index contributed by atoms with van der Waals surface area (Å²) in [6, 6.07) is 16.4. The van der Waals surface area contributed by atoms with E-state index >= 15 is 0 Å². The number of ketones is 1. The Kier molecular flexibility index (Phi) is 7.09. The Morgan fingerprint density at radius 1 is 1.00 bits per heavy atom. The standard InChI is InChI=1S/C26H31NO3/c1-5-27(6-2)22-14-12-20(13-15-22)23-16-21(19-10-8-18(4)9-11-19)17-24(28)25(23)26(29)30-7-3/h8-15,17,23,25H,5-7,16H2,1-4H3. The highest BCUT2D eigenvalue weighted by Gasteiger charge is 2.39. The molecule has 0 saturated heterocycles. The van der Waals surface area contributed by atoms with E-state index in [0.29, 0.717) is 6.42 Å². The molecule has 0 bridgehead atoms. The van der Waals surface area contributed by atoms with Gasteiger partial charge in [-0.25, -0.2) is 0 Å². The fourth-order valence-corrected chi connectivity index (χ4v) is 4.19. The van der Waals surface area contributed by atoms with Crippen molar-refractivity contribution in [3.63, 3.8) is 0 Å². The number of hydrogen-bond acceptors (Lipinski definition) is 4. The molecule has 0 saturated carbocycles. The first-order valence-corrected chi connectivity index (χ1v) is 10.8. The molecule has 0 amide bonds. The van der Waals surface area contributed by atoms with Crippen LogP contribution < -0.4 is 4.90 Å². The normalized spacial score (nSPS) is 18.7. The maximum Gasteiger partial charge on any atom is 0.317 e. The molecule has 2 aromatic carbocycles. The average molecular weight is 406 g/mol. The van der Waals surface area contributed by atoms with Crippen LogP contribution in [0.1, 0.15) is 49.8 Å². The lowest BCUT2D eigenvalue weighted by atomic mass is 9.73. The zero-order chi connectivity index (χ0) is 21.7. The number of carbonyl (C=O) groups excluding carboxylic acids is 2. The van der Waals surface area contributed by atoms with Crippen LogP contribution in [0.5, 0.6) is 0 Å². The van der Waals surface area contributed by atoms with Crippen LogP contribution in [0.2, 0.25) is 0 Å². The van der Waals surface area contributed by atoms with Crippen LogP contribution in [-0.2, 0) is 14.3 Å². The molecule has 158 valence electrons. The lowest BCUT2D eigenvalue weighted by Gasteiger charge is -2.30. The highest BCUT2D eigenvalue weighted by Crippen LogP contribution is 2.40. The molecule has 0 fully saturated rings. The summed E-state index contributed by atoms with van der Waals surface area (Å²) in [5.74, 6) is -1.63. The van der Waals surface area contributed by atoms with E-state index in [1.54, 1.807) is 13.0 Å². The maximum absolute atomic E-state index is 13.0. The molecule has 0 aliphatic heterocycles. The van der Waals surface area contributed by atoms with E-state index in [0.717, 1.165) is 35.5 Å². The number of rotatable bonds is 7. The Hall–Kier alpha value is -2.88. The van der Waals surface area contributed by atoms with Gasteiger partial charge in [-0.1, -0.05) is 42.0 Å². The van der Waals surface area contributed by atoms with Gasteiger partial charge in [-0.2, -0.15) is 0 Å². The van der Waals surface area contributed by atoms with Crippen LogP contribution in [0.25, 0.3) is 5.57 Å². The zero-order valence-corrected chi connectivity index (χ0v) is 18.4. The van der Waals surface area contributed by atoms with Gasteiger partial charge < -0.3 is 9.64 Å². The highest BCUT2D eigenvalue weighted by molar-refractivity contribution is 6.10. The molecule has 2 unspecified atom stereocenters. The third-order valence-electron chi connectivity index (χ3n) is 5.88. The third-order valence-corrected chi connectivity index (χ3v) is 5.88. The summed E-state index contributed by atoms with van der Waals surface area (Å²) in [4.78, 5) is 28.0. The van der Waals surface area contributed by atoms with Crippen molar-refractivity contribution in [1.29, 1.82) is 0 Å². The van der Waals surface area contributed by atoms with Crippen LogP contribution in [-0.4, -0.2) is 31.4 Å². The molecule has 30 heavy (non-hydrogen) atoms. The van der Waals surface area contributed by atoms with Crippen molar-refractivity contribution in [3.05, 3.63) is 71.3 Å². The van der Waals surface area contributed by atoms with Crippen LogP contribution in [0.3, 0.4) is 0 Å². The molecule has 0 N–H and O–H groups in total. The van der Waals surface area contributed by atoms with Crippen LogP contribution in [0.15, 0.2) is 54.6 Å². The summed E-state index contributed by atoms with van der Waals surface area (Å²) in [7, 11) is 0.